The third kappa shape index (κ3) is 5.19. The van der Waals surface area contributed by atoms with Gasteiger partial charge in [-0.05, 0) is 43.3 Å². The third-order valence-electron chi connectivity index (χ3n) is 3.51. The summed E-state index contributed by atoms with van der Waals surface area (Å²) in [5.74, 6) is -1.98. The highest BCUT2D eigenvalue weighted by molar-refractivity contribution is 6.31. The second kappa shape index (κ2) is 8.26. The van der Waals surface area contributed by atoms with Gasteiger partial charge in [-0.2, -0.15) is 13.2 Å². The standard InChI is InChI=1S/C17H12ClF3N2O5/c1-9(15(24)22-12-5-2-10(3-6-12)17(19,20)21)28-16(25)13-8-11(18)4-7-14(13)23(26)27/h2-9H,1H3,(H,22,24)/t9-/m1/s1. The van der Waals surface area contributed by atoms with Crippen molar-refractivity contribution in [3.05, 3.63) is 68.7 Å². The lowest BCUT2D eigenvalue weighted by atomic mass is 10.2. The van der Waals surface area contributed by atoms with Gasteiger partial charge in [-0.25, -0.2) is 4.79 Å². The number of hydrogen-bond acceptors (Lipinski definition) is 5. The average molecular weight is 417 g/mol. The smallest absolute Gasteiger partial charge is 0.416 e. The van der Waals surface area contributed by atoms with Crippen molar-refractivity contribution in [2.45, 2.75) is 19.2 Å². The highest BCUT2D eigenvalue weighted by Crippen LogP contribution is 2.30. The minimum absolute atomic E-state index is 0.0506. The highest BCUT2D eigenvalue weighted by atomic mass is 35.5. The van der Waals surface area contributed by atoms with E-state index in [1.807, 2.05) is 0 Å². The van der Waals surface area contributed by atoms with Gasteiger partial charge in [-0.1, -0.05) is 11.6 Å². The lowest BCUT2D eigenvalue weighted by Crippen LogP contribution is -2.30. The van der Waals surface area contributed by atoms with E-state index in [0.29, 0.717) is 0 Å². The van der Waals surface area contributed by atoms with Gasteiger partial charge in [0, 0.05) is 16.8 Å². The number of nitrogens with one attached hydrogen (secondary N) is 1. The van der Waals surface area contributed by atoms with E-state index in [9.17, 15) is 32.9 Å². The van der Waals surface area contributed by atoms with Gasteiger partial charge in [0.25, 0.3) is 11.6 Å². The van der Waals surface area contributed by atoms with E-state index in [1.54, 1.807) is 0 Å². The van der Waals surface area contributed by atoms with Crippen molar-refractivity contribution in [2.75, 3.05) is 5.32 Å². The molecule has 2 aromatic carbocycles. The summed E-state index contributed by atoms with van der Waals surface area (Å²) >= 11 is 5.73. The summed E-state index contributed by atoms with van der Waals surface area (Å²) < 4.78 is 42.5. The van der Waals surface area contributed by atoms with E-state index >= 15 is 0 Å². The third-order valence-corrected chi connectivity index (χ3v) is 3.74. The number of nitro groups is 1. The maximum Gasteiger partial charge on any atom is 0.416 e. The fraction of sp³-hybridized carbons (Fsp3) is 0.176. The Balaban J connectivity index is 2.07. The molecule has 1 atom stereocenters. The number of nitrogens with zero attached hydrogens (tertiary/aromatic N) is 1. The fourth-order valence-corrected chi connectivity index (χ4v) is 2.27. The minimum Gasteiger partial charge on any atom is -0.449 e. The summed E-state index contributed by atoms with van der Waals surface area (Å²) in [5, 5.41) is 13.3. The molecule has 7 nitrogen and oxygen atoms in total. The Labute approximate surface area is 161 Å². The number of benzene rings is 2. The van der Waals surface area contributed by atoms with Crippen molar-refractivity contribution in [3.8, 4) is 0 Å². The highest BCUT2D eigenvalue weighted by Gasteiger charge is 2.30. The van der Waals surface area contributed by atoms with Crippen LogP contribution in [0, 0.1) is 10.1 Å². The van der Waals surface area contributed by atoms with E-state index in [-0.39, 0.29) is 10.7 Å². The number of halogens is 4. The van der Waals surface area contributed by atoms with Gasteiger partial charge in [-0.15, -0.1) is 0 Å². The van der Waals surface area contributed by atoms with Crippen LogP contribution in [0.5, 0.6) is 0 Å². The molecular formula is C17H12ClF3N2O5. The molecule has 0 fully saturated rings. The van der Waals surface area contributed by atoms with Crippen molar-refractivity contribution in [1.29, 1.82) is 0 Å². The van der Waals surface area contributed by atoms with E-state index in [4.69, 9.17) is 16.3 Å². The number of carbonyl (C=O) groups is 2. The normalized spacial score (nSPS) is 12.2. The van der Waals surface area contributed by atoms with Gasteiger partial charge in [0.1, 0.15) is 5.56 Å². The number of carbonyl (C=O) groups excluding carboxylic acids is 2. The first-order valence-corrected chi connectivity index (χ1v) is 8.00. The second-order valence-electron chi connectivity index (χ2n) is 5.53. The van der Waals surface area contributed by atoms with Gasteiger partial charge >= 0.3 is 12.1 Å². The average Bonchev–Trinajstić information content (AvgIpc) is 2.60. The first-order chi connectivity index (χ1) is 13.0. The Morgan fingerprint density at radius 2 is 1.79 bits per heavy atom. The molecule has 0 aliphatic heterocycles. The molecule has 28 heavy (non-hydrogen) atoms. The largest absolute Gasteiger partial charge is 0.449 e. The van der Waals surface area contributed by atoms with Crippen LogP contribution in [0.1, 0.15) is 22.8 Å². The number of amides is 1. The van der Waals surface area contributed by atoms with E-state index in [2.05, 4.69) is 5.32 Å². The van der Waals surface area contributed by atoms with Gasteiger partial charge in [-0.3, -0.25) is 14.9 Å². The van der Waals surface area contributed by atoms with Crippen LogP contribution in [-0.2, 0) is 15.7 Å². The van der Waals surface area contributed by atoms with E-state index in [0.717, 1.165) is 36.4 Å². The van der Waals surface area contributed by atoms with Crippen molar-refractivity contribution in [1.82, 2.24) is 0 Å². The van der Waals surface area contributed by atoms with Crippen molar-refractivity contribution >= 4 is 34.9 Å². The topological polar surface area (TPSA) is 98.5 Å². The summed E-state index contributed by atoms with van der Waals surface area (Å²) in [6, 6.07) is 6.91. The number of rotatable bonds is 5. The molecule has 0 spiro atoms. The Kier molecular flexibility index (Phi) is 6.24. The molecule has 2 aromatic rings. The van der Waals surface area contributed by atoms with Crippen LogP contribution in [-0.4, -0.2) is 22.9 Å². The predicted molar refractivity (Wildman–Crippen MR) is 93.1 cm³/mol. The lowest BCUT2D eigenvalue weighted by molar-refractivity contribution is -0.385. The van der Waals surface area contributed by atoms with E-state index in [1.165, 1.54) is 13.0 Å². The summed E-state index contributed by atoms with van der Waals surface area (Å²) in [4.78, 5) is 34.4. The zero-order chi connectivity index (χ0) is 21.1. The number of ether oxygens (including phenoxy) is 1. The maximum absolute atomic E-state index is 12.5. The Morgan fingerprint density at radius 1 is 1.18 bits per heavy atom. The monoisotopic (exact) mass is 416 g/mol. The molecule has 11 heteroatoms. The number of nitro benzene ring substituents is 1. The molecule has 0 saturated carbocycles. The molecule has 1 N–H and O–H groups in total. The predicted octanol–water partition coefficient (Wildman–Crippen LogP) is 4.45. The fourth-order valence-electron chi connectivity index (χ4n) is 2.09. The number of hydrogen-bond donors (Lipinski definition) is 1. The molecule has 0 aliphatic carbocycles. The first kappa shape index (κ1) is 21.2. The van der Waals surface area contributed by atoms with Crippen molar-refractivity contribution in [2.24, 2.45) is 0 Å². The molecule has 0 saturated heterocycles. The van der Waals surface area contributed by atoms with Crippen LogP contribution in [0.4, 0.5) is 24.5 Å². The summed E-state index contributed by atoms with van der Waals surface area (Å²) in [6.07, 6.45) is -5.90. The van der Waals surface area contributed by atoms with Gasteiger partial charge in [0.2, 0.25) is 0 Å². The number of anilines is 1. The van der Waals surface area contributed by atoms with Crippen LogP contribution in [0.25, 0.3) is 0 Å². The summed E-state index contributed by atoms with van der Waals surface area (Å²) in [6.45, 7) is 1.20. The zero-order valence-corrected chi connectivity index (χ0v) is 14.9. The molecule has 0 radical (unpaired) electrons. The van der Waals surface area contributed by atoms with Gasteiger partial charge in [0.05, 0.1) is 10.5 Å². The SMILES string of the molecule is C[C@@H](OC(=O)c1cc(Cl)ccc1[N+](=O)[O-])C(=O)Nc1ccc(C(F)(F)F)cc1. The van der Waals surface area contributed by atoms with Crippen molar-refractivity contribution < 1.29 is 32.4 Å². The molecule has 2 rings (SSSR count). The second-order valence-corrected chi connectivity index (χ2v) is 5.97. The molecule has 0 aliphatic rings. The van der Waals surface area contributed by atoms with E-state index < -0.39 is 45.9 Å². The zero-order valence-electron chi connectivity index (χ0n) is 14.1. The Bertz CT molecular complexity index is 916. The molecule has 0 aromatic heterocycles. The number of esters is 1. The molecule has 0 bridgehead atoms. The quantitative estimate of drug-likeness (QED) is 0.441. The summed E-state index contributed by atoms with van der Waals surface area (Å²) in [5.41, 5.74) is -1.83. The van der Waals surface area contributed by atoms with Gasteiger partial charge in [0.15, 0.2) is 6.10 Å². The van der Waals surface area contributed by atoms with Crippen LogP contribution in [0.3, 0.4) is 0 Å². The molecule has 148 valence electrons. The molecule has 0 heterocycles. The summed E-state index contributed by atoms with van der Waals surface area (Å²) in [7, 11) is 0. The van der Waals surface area contributed by atoms with Crippen LogP contribution < -0.4 is 5.32 Å². The van der Waals surface area contributed by atoms with Crippen LogP contribution >= 0.6 is 11.6 Å². The number of alkyl halides is 3. The van der Waals surface area contributed by atoms with Crippen LogP contribution in [0.15, 0.2) is 42.5 Å². The molecule has 0 unspecified atom stereocenters. The van der Waals surface area contributed by atoms with Crippen LogP contribution in [0.2, 0.25) is 5.02 Å². The lowest BCUT2D eigenvalue weighted by Gasteiger charge is -2.14. The Morgan fingerprint density at radius 3 is 2.32 bits per heavy atom. The van der Waals surface area contributed by atoms with Gasteiger partial charge < -0.3 is 10.1 Å². The maximum atomic E-state index is 12.5. The molecule has 1 amide bonds. The molecular weight excluding hydrogens is 405 g/mol. The minimum atomic E-state index is -4.52. The van der Waals surface area contributed by atoms with Crippen molar-refractivity contribution in [3.63, 3.8) is 0 Å². The Hall–Kier alpha value is -3.14. The first-order valence-electron chi connectivity index (χ1n) is 7.62.